The van der Waals surface area contributed by atoms with E-state index in [4.69, 9.17) is 0 Å². The Morgan fingerprint density at radius 2 is 1.88 bits per heavy atom. The summed E-state index contributed by atoms with van der Waals surface area (Å²) in [6.07, 6.45) is 3.01. The number of rotatable bonds is 3. The Labute approximate surface area is 97.1 Å². The van der Waals surface area contributed by atoms with E-state index < -0.39 is 0 Å². The van der Waals surface area contributed by atoms with Gasteiger partial charge in [-0.1, -0.05) is 31.2 Å². The zero-order chi connectivity index (χ0) is 11.4. The Bertz CT molecular complexity index is 350. The van der Waals surface area contributed by atoms with Crippen LogP contribution in [0, 0.1) is 0 Å². The quantitative estimate of drug-likeness (QED) is 0.789. The Morgan fingerprint density at radius 3 is 2.44 bits per heavy atom. The van der Waals surface area contributed by atoms with Gasteiger partial charge in [-0.15, -0.1) is 0 Å². The van der Waals surface area contributed by atoms with Crippen molar-refractivity contribution >= 4 is 5.78 Å². The van der Waals surface area contributed by atoms with E-state index in [1.165, 1.54) is 18.4 Å². The molecule has 0 atom stereocenters. The SMILES string of the molecule is CCC(=O)c1ccc(C2CCNCC2)cc1. The van der Waals surface area contributed by atoms with Crippen LogP contribution in [0.3, 0.4) is 0 Å². The Balaban J connectivity index is 2.09. The molecule has 2 heteroatoms. The minimum Gasteiger partial charge on any atom is -0.317 e. The average Bonchev–Trinajstić information content (AvgIpc) is 2.39. The standard InChI is InChI=1S/C14H19NO/c1-2-14(16)13-5-3-11(4-6-13)12-7-9-15-10-8-12/h3-6,12,15H,2,7-10H2,1H3. The van der Waals surface area contributed by atoms with Crippen LogP contribution in [0.5, 0.6) is 0 Å². The second kappa shape index (κ2) is 5.26. The number of Topliss-reactive ketones (excluding diaryl/α,β-unsaturated/α-hetero) is 1. The third-order valence-electron chi connectivity index (χ3n) is 3.36. The molecule has 86 valence electrons. The van der Waals surface area contributed by atoms with Crippen LogP contribution in [0.2, 0.25) is 0 Å². The highest BCUT2D eigenvalue weighted by Gasteiger charge is 2.15. The van der Waals surface area contributed by atoms with Gasteiger partial charge in [-0.2, -0.15) is 0 Å². The van der Waals surface area contributed by atoms with Gasteiger partial charge in [-0.05, 0) is 37.4 Å². The number of hydrogen-bond donors (Lipinski definition) is 1. The molecule has 0 amide bonds. The van der Waals surface area contributed by atoms with Crippen molar-refractivity contribution in [2.75, 3.05) is 13.1 Å². The van der Waals surface area contributed by atoms with Gasteiger partial charge in [-0.25, -0.2) is 0 Å². The first-order valence-corrected chi connectivity index (χ1v) is 6.15. The molecule has 1 aliphatic heterocycles. The van der Waals surface area contributed by atoms with Crippen LogP contribution in [-0.2, 0) is 0 Å². The van der Waals surface area contributed by atoms with E-state index in [0.717, 1.165) is 18.7 Å². The van der Waals surface area contributed by atoms with Gasteiger partial charge in [0.15, 0.2) is 5.78 Å². The maximum absolute atomic E-state index is 11.5. The zero-order valence-electron chi connectivity index (χ0n) is 9.83. The van der Waals surface area contributed by atoms with Gasteiger partial charge in [0.25, 0.3) is 0 Å². The van der Waals surface area contributed by atoms with Crippen LogP contribution in [0.1, 0.15) is 48.0 Å². The first-order chi connectivity index (χ1) is 7.81. The fourth-order valence-corrected chi connectivity index (χ4v) is 2.30. The van der Waals surface area contributed by atoms with Crippen LogP contribution in [0.4, 0.5) is 0 Å². The molecule has 1 fully saturated rings. The fraction of sp³-hybridized carbons (Fsp3) is 0.500. The highest BCUT2D eigenvalue weighted by Crippen LogP contribution is 2.25. The van der Waals surface area contributed by atoms with E-state index in [1.54, 1.807) is 0 Å². The molecule has 0 aliphatic carbocycles. The smallest absolute Gasteiger partial charge is 0.162 e. The molecule has 1 N–H and O–H groups in total. The molecule has 0 unspecified atom stereocenters. The van der Waals surface area contributed by atoms with Crippen molar-refractivity contribution < 1.29 is 4.79 Å². The maximum Gasteiger partial charge on any atom is 0.162 e. The number of nitrogens with one attached hydrogen (secondary N) is 1. The van der Waals surface area contributed by atoms with E-state index in [9.17, 15) is 4.79 Å². The monoisotopic (exact) mass is 217 g/mol. The molecule has 16 heavy (non-hydrogen) atoms. The summed E-state index contributed by atoms with van der Waals surface area (Å²) >= 11 is 0. The topological polar surface area (TPSA) is 29.1 Å². The summed E-state index contributed by atoms with van der Waals surface area (Å²) in [6.45, 7) is 4.13. The molecule has 2 nitrogen and oxygen atoms in total. The van der Waals surface area contributed by atoms with Gasteiger partial charge in [0.2, 0.25) is 0 Å². The molecule has 0 radical (unpaired) electrons. The maximum atomic E-state index is 11.5. The molecule has 1 saturated heterocycles. The molecule has 1 heterocycles. The fourth-order valence-electron chi connectivity index (χ4n) is 2.30. The third-order valence-corrected chi connectivity index (χ3v) is 3.36. The number of carbonyl (C=O) groups is 1. The van der Waals surface area contributed by atoms with Gasteiger partial charge >= 0.3 is 0 Å². The minimum atomic E-state index is 0.233. The van der Waals surface area contributed by atoms with Crippen molar-refractivity contribution in [2.24, 2.45) is 0 Å². The summed E-state index contributed by atoms with van der Waals surface area (Å²) < 4.78 is 0. The minimum absolute atomic E-state index is 0.233. The lowest BCUT2D eigenvalue weighted by molar-refractivity contribution is 0.0988. The Hall–Kier alpha value is -1.15. The Morgan fingerprint density at radius 1 is 1.25 bits per heavy atom. The van der Waals surface area contributed by atoms with Crippen LogP contribution in [0.15, 0.2) is 24.3 Å². The normalized spacial score (nSPS) is 17.3. The number of ketones is 1. The summed E-state index contributed by atoms with van der Waals surface area (Å²) in [4.78, 5) is 11.5. The number of carbonyl (C=O) groups excluding carboxylic acids is 1. The van der Waals surface area contributed by atoms with Crippen LogP contribution in [-0.4, -0.2) is 18.9 Å². The molecule has 2 rings (SSSR count). The summed E-state index contributed by atoms with van der Waals surface area (Å²) in [6, 6.07) is 8.20. The van der Waals surface area contributed by atoms with Gasteiger partial charge < -0.3 is 5.32 Å². The van der Waals surface area contributed by atoms with Crippen molar-refractivity contribution in [3.63, 3.8) is 0 Å². The second-order valence-corrected chi connectivity index (χ2v) is 4.42. The molecular formula is C14H19NO. The highest BCUT2D eigenvalue weighted by molar-refractivity contribution is 5.95. The van der Waals surface area contributed by atoms with Crippen LogP contribution < -0.4 is 5.32 Å². The number of benzene rings is 1. The first kappa shape index (κ1) is 11.3. The van der Waals surface area contributed by atoms with E-state index in [0.29, 0.717) is 12.3 Å². The lowest BCUT2D eigenvalue weighted by Gasteiger charge is -2.23. The van der Waals surface area contributed by atoms with E-state index >= 15 is 0 Å². The largest absolute Gasteiger partial charge is 0.317 e. The Kier molecular flexibility index (Phi) is 3.73. The van der Waals surface area contributed by atoms with Crippen molar-refractivity contribution in [1.29, 1.82) is 0 Å². The molecule has 1 aromatic rings. The van der Waals surface area contributed by atoms with Gasteiger partial charge in [0.1, 0.15) is 0 Å². The van der Waals surface area contributed by atoms with Crippen molar-refractivity contribution in [3.05, 3.63) is 35.4 Å². The lowest BCUT2D eigenvalue weighted by Crippen LogP contribution is -2.26. The van der Waals surface area contributed by atoms with E-state index in [1.807, 2.05) is 19.1 Å². The van der Waals surface area contributed by atoms with Crippen LogP contribution in [0.25, 0.3) is 0 Å². The average molecular weight is 217 g/mol. The zero-order valence-corrected chi connectivity index (χ0v) is 9.83. The van der Waals surface area contributed by atoms with Gasteiger partial charge in [0, 0.05) is 12.0 Å². The highest BCUT2D eigenvalue weighted by atomic mass is 16.1. The summed E-state index contributed by atoms with van der Waals surface area (Å²) in [5.41, 5.74) is 2.23. The summed E-state index contributed by atoms with van der Waals surface area (Å²) in [5.74, 6) is 0.906. The molecule has 0 spiro atoms. The molecule has 0 bridgehead atoms. The summed E-state index contributed by atoms with van der Waals surface area (Å²) in [5, 5.41) is 3.37. The number of hydrogen-bond acceptors (Lipinski definition) is 2. The van der Waals surface area contributed by atoms with Gasteiger partial charge in [-0.3, -0.25) is 4.79 Å². The van der Waals surface area contributed by atoms with Crippen LogP contribution >= 0.6 is 0 Å². The second-order valence-electron chi connectivity index (χ2n) is 4.42. The molecule has 1 aromatic carbocycles. The predicted molar refractivity (Wildman–Crippen MR) is 65.9 cm³/mol. The van der Waals surface area contributed by atoms with Crippen molar-refractivity contribution in [3.8, 4) is 0 Å². The summed E-state index contributed by atoms with van der Waals surface area (Å²) in [7, 11) is 0. The molecule has 1 aliphatic rings. The third kappa shape index (κ3) is 2.50. The molecule has 0 aromatic heterocycles. The van der Waals surface area contributed by atoms with E-state index in [-0.39, 0.29) is 5.78 Å². The number of piperidine rings is 1. The first-order valence-electron chi connectivity index (χ1n) is 6.15. The predicted octanol–water partition coefficient (Wildman–Crippen LogP) is 2.75. The lowest BCUT2D eigenvalue weighted by atomic mass is 9.89. The molecule has 0 saturated carbocycles. The van der Waals surface area contributed by atoms with Gasteiger partial charge in [0.05, 0.1) is 0 Å². The molecular weight excluding hydrogens is 198 g/mol. The van der Waals surface area contributed by atoms with Crippen molar-refractivity contribution in [2.45, 2.75) is 32.1 Å². The van der Waals surface area contributed by atoms with E-state index in [2.05, 4.69) is 17.4 Å². The van der Waals surface area contributed by atoms with Crippen molar-refractivity contribution in [1.82, 2.24) is 5.32 Å².